The molecule has 3 N–H and O–H groups in total. The summed E-state index contributed by atoms with van der Waals surface area (Å²) in [6, 6.07) is 10.4. The van der Waals surface area contributed by atoms with E-state index in [1.54, 1.807) is 16.9 Å². The van der Waals surface area contributed by atoms with E-state index in [4.69, 9.17) is 5.73 Å². The molecule has 1 aliphatic carbocycles. The van der Waals surface area contributed by atoms with Crippen LogP contribution in [-0.4, -0.2) is 21.7 Å². The summed E-state index contributed by atoms with van der Waals surface area (Å²) in [7, 11) is 0. The van der Waals surface area contributed by atoms with Crippen molar-refractivity contribution in [3.05, 3.63) is 47.8 Å². The van der Waals surface area contributed by atoms with Crippen LogP contribution in [0, 0.1) is 0 Å². The maximum atomic E-state index is 11.0. The van der Waals surface area contributed by atoms with Gasteiger partial charge in [-0.05, 0) is 36.6 Å². The Labute approximate surface area is 111 Å². The SMILES string of the molecule is NC(=O)c1ccn(-c2cccc(CNC3CC3)c2)n1. The van der Waals surface area contributed by atoms with E-state index in [1.165, 1.54) is 18.4 Å². The van der Waals surface area contributed by atoms with E-state index in [0.29, 0.717) is 6.04 Å². The van der Waals surface area contributed by atoms with E-state index in [2.05, 4.69) is 22.5 Å². The number of hydrogen-bond acceptors (Lipinski definition) is 3. The highest BCUT2D eigenvalue weighted by molar-refractivity contribution is 5.90. The topological polar surface area (TPSA) is 72.9 Å². The van der Waals surface area contributed by atoms with Crippen molar-refractivity contribution in [3.8, 4) is 5.69 Å². The highest BCUT2D eigenvalue weighted by Crippen LogP contribution is 2.19. The lowest BCUT2D eigenvalue weighted by Gasteiger charge is -2.06. The Hall–Kier alpha value is -2.14. The van der Waals surface area contributed by atoms with Gasteiger partial charge in [-0.3, -0.25) is 4.79 Å². The third-order valence-electron chi connectivity index (χ3n) is 3.19. The van der Waals surface area contributed by atoms with Crippen molar-refractivity contribution in [2.75, 3.05) is 0 Å². The predicted octanol–water partition coefficient (Wildman–Crippen LogP) is 1.22. The number of carbonyl (C=O) groups excluding carboxylic acids is 1. The normalized spacial score (nSPS) is 14.5. The van der Waals surface area contributed by atoms with E-state index in [-0.39, 0.29) is 5.69 Å². The van der Waals surface area contributed by atoms with E-state index in [0.717, 1.165) is 12.2 Å². The summed E-state index contributed by atoms with van der Waals surface area (Å²) in [6.45, 7) is 0.864. The molecule has 3 rings (SSSR count). The van der Waals surface area contributed by atoms with Crippen LogP contribution in [0.3, 0.4) is 0 Å². The number of carbonyl (C=O) groups is 1. The first-order valence-corrected chi connectivity index (χ1v) is 6.40. The number of nitrogens with zero attached hydrogens (tertiary/aromatic N) is 2. The van der Waals surface area contributed by atoms with Gasteiger partial charge in [-0.25, -0.2) is 4.68 Å². The Bertz CT molecular complexity index is 601. The molecular formula is C14H16N4O. The zero-order chi connectivity index (χ0) is 13.2. The first-order valence-electron chi connectivity index (χ1n) is 6.40. The maximum Gasteiger partial charge on any atom is 0.269 e. The summed E-state index contributed by atoms with van der Waals surface area (Å²) < 4.78 is 1.67. The average Bonchev–Trinajstić information content (AvgIpc) is 3.10. The summed E-state index contributed by atoms with van der Waals surface area (Å²) in [5.41, 5.74) is 7.62. The van der Waals surface area contributed by atoms with Crippen molar-refractivity contribution in [3.63, 3.8) is 0 Å². The monoisotopic (exact) mass is 256 g/mol. The van der Waals surface area contributed by atoms with Crippen molar-refractivity contribution in [1.82, 2.24) is 15.1 Å². The number of aromatic nitrogens is 2. The molecule has 0 bridgehead atoms. The fourth-order valence-corrected chi connectivity index (χ4v) is 1.96. The summed E-state index contributed by atoms with van der Waals surface area (Å²) >= 11 is 0. The van der Waals surface area contributed by atoms with E-state index in [1.807, 2.05) is 12.1 Å². The second-order valence-corrected chi connectivity index (χ2v) is 4.83. The summed E-state index contributed by atoms with van der Waals surface area (Å²) in [5.74, 6) is -0.509. The maximum absolute atomic E-state index is 11.0. The minimum atomic E-state index is -0.509. The van der Waals surface area contributed by atoms with Gasteiger partial charge in [-0.1, -0.05) is 12.1 Å². The van der Waals surface area contributed by atoms with E-state index in [9.17, 15) is 4.79 Å². The van der Waals surface area contributed by atoms with Crippen LogP contribution in [0.5, 0.6) is 0 Å². The highest BCUT2D eigenvalue weighted by Gasteiger charge is 2.19. The molecule has 2 aromatic rings. The van der Waals surface area contributed by atoms with Crippen LogP contribution in [0.25, 0.3) is 5.69 Å². The van der Waals surface area contributed by atoms with Gasteiger partial charge < -0.3 is 11.1 Å². The van der Waals surface area contributed by atoms with Gasteiger partial charge in [-0.15, -0.1) is 0 Å². The molecule has 5 nitrogen and oxygen atoms in total. The molecule has 1 fully saturated rings. The Morgan fingerprint density at radius 3 is 2.95 bits per heavy atom. The van der Waals surface area contributed by atoms with Gasteiger partial charge in [0.1, 0.15) is 5.69 Å². The van der Waals surface area contributed by atoms with Gasteiger partial charge in [0.25, 0.3) is 5.91 Å². The van der Waals surface area contributed by atoms with Crippen molar-refractivity contribution in [2.45, 2.75) is 25.4 Å². The number of hydrogen-bond donors (Lipinski definition) is 2. The van der Waals surface area contributed by atoms with Gasteiger partial charge in [0.15, 0.2) is 0 Å². The van der Waals surface area contributed by atoms with Crippen LogP contribution in [-0.2, 0) is 6.54 Å². The van der Waals surface area contributed by atoms with Crippen LogP contribution >= 0.6 is 0 Å². The van der Waals surface area contributed by atoms with Gasteiger partial charge in [0.2, 0.25) is 0 Å². The molecule has 0 unspecified atom stereocenters. The Morgan fingerprint density at radius 2 is 2.26 bits per heavy atom. The molecule has 0 saturated heterocycles. The number of benzene rings is 1. The number of rotatable bonds is 5. The lowest BCUT2D eigenvalue weighted by molar-refractivity contribution is 0.0995. The largest absolute Gasteiger partial charge is 0.364 e. The highest BCUT2D eigenvalue weighted by atomic mass is 16.1. The summed E-state index contributed by atoms with van der Waals surface area (Å²) in [5, 5.41) is 7.62. The van der Waals surface area contributed by atoms with Gasteiger partial charge in [-0.2, -0.15) is 5.10 Å². The standard InChI is InChI=1S/C14H16N4O/c15-14(19)13-6-7-18(17-13)12-3-1-2-10(8-12)9-16-11-4-5-11/h1-3,6-8,11,16H,4-5,9H2,(H2,15,19). The second kappa shape index (κ2) is 4.85. The molecule has 1 aliphatic rings. The molecule has 0 aliphatic heterocycles. The zero-order valence-electron chi connectivity index (χ0n) is 10.5. The second-order valence-electron chi connectivity index (χ2n) is 4.83. The lowest BCUT2D eigenvalue weighted by Crippen LogP contribution is -2.15. The predicted molar refractivity (Wildman–Crippen MR) is 71.9 cm³/mol. The first kappa shape index (κ1) is 11.9. The van der Waals surface area contributed by atoms with Crippen molar-refractivity contribution < 1.29 is 4.79 Å². The molecule has 1 heterocycles. The Morgan fingerprint density at radius 1 is 1.42 bits per heavy atom. The minimum absolute atomic E-state index is 0.279. The van der Waals surface area contributed by atoms with Crippen molar-refractivity contribution in [1.29, 1.82) is 0 Å². The lowest BCUT2D eigenvalue weighted by atomic mass is 10.2. The van der Waals surface area contributed by atoms with E-state index < -0.39 is 5.91 Å². The Balaban J connectivity index is 1.78. The van der Waals surface area contributed by atoms with Crippen LogP contribution in [0.4, 0.5) is 0 Å². The van der Waals surface area contributed by atoms with Crippen LogP contribution in [0.15, 0.2) is 36.5 Å². The molecule has 1 aromatic heterocycles. The fourth-order valence-electron chi connectivity index (χ4n) is 1.96. The minimum Gasteiger partial charge on any atom is -0.364 e. The average molecular weight is 256 g/mol. The van der Waals surface area contributed by atoms with E-state index >= 15 is 0 Å². The zero-order valence-corrected chi connectivity index (χ0v) is 10.5. The Kier molecular flexibility index (Phi) is 3.05. The molecule has 5 heteroatoms. The molecule has 1 saturated carbocycles. The quantitative estimate of drug-likeness (QED) is 0.845. The summed E-state index contributed by atoms with van der Waals surface area (Å²) in [6.07, 6.45) is 4.30. The number of nitrogens with one attached hydrogen (secondary N) is 1. The van der Waals surface area contributed by atoms with Gasteiger partial charge in [0.05, 0.1) is 5.69 Å². The molecule has 0 atom stereocenters. The molecular weight excluding hydrogens is 240 g/mol. The van der Waals surface area contributed by atoms with Crippen LogP contribution < -0.4 is 11.1 Å². The van der Waals surface area contributed by atoms with Gasteiger partial charge >= 0.3 is 0 Å². The summed E-state index contributed by atoms with van der Waals surface area (Å²) in [4.78, 5) is 11.0. The number of amides is 1. The molecule has 19 heavy (non-hydrogen) atoms. The van der Waals surface area contributed by atoms with Crippen LogP contribution in [0.1, 0.15) is 28.9 Å². The number of primary amides is 1. The van der Waals surface area contributed by atoms with Crippen LogP contribution in [0.2, 0.25) is 0 Å². The smallest absolute Gasteiger partial charge is 0.269 e. The third kappa shape index (κ3) is 2.82. The first-order chi connectivity index (χ1) is 9.22. The molecule has 0 radical (unpaired) electrons. The molecule has 1 aromatic carbocycles. The molecule has 0 spiro atoms. The van der Waals surface area contributed by atoms with Crippen molar-refractivity contribution >= 4 is 5.91 Å². The molecule has 98 valence electrons. The molecule has 1 amide bonds. The van der Waals surface area contributed by atoms with Crippen molar-refractivity contribution in [2.24, 2.45) is 5.73 Å². The third-order valence-corrected chi connectivity index (χ3v) is 3.19. The van der Waals surface area contributed by atoms with Gasteiger partial charge in [0, 0.05) is 18.8 Å². The fraction of sp³-hybridized carbons (Fsp3) is 0.286. The number of nitrogens with two attached hydrogens (primary N) is 1.